The van der Waals surface area contributed by atoms with Crippen LogP contribution in [0.4, 0.5) is 0 Å². The van der Waals surface area contributed by atoms with Crippen molar-refractivity contribution in [2.75, 3.05) is 0 Å². The number of aryl methyl sites for hydroxylation is 1. The molecule has 0 aliphatic rings. The number of aromatic nitrogens is 2. The van der Waals surface area contributed by atoms with E-state index in [0.29, 0.717) is 12.8 Å². The quantitative estimate of drug-likeness (QED) is 0.845. The van der Waals surface area contributed by atoms with Crippen LogP contribution in [0.1, 0.15) is 25.5 Å². The van der Waals surface area contributed by atoms with Crippen molar-refractivity contribution in [2.24, 2.45) is 7.05 Å². The lowest BCUT2D eigenvalue weighted by Crippen LogP contribution is -2.28. The zero-order chi connectivity index (χ0) is 13.1. The van der Waals surface area contributed by atoms with Gasteiger partial charge in [-0.3, -0.25) is 4.68 Å². The van der Waals surface area contributed by atoms with E-state index in [1.807, 2.05) is 42.9 Å². The van der Waals surface area contributed by atoms with Gasteiger partial charge in [0.15, 0.2) is 0 Å². The molecule has 2 unspecified atom stereocenters. The van der Waals surface area contributed by atoms with E-state index in [2.05, 4.69) is 5.10 Å². The van der Waals surface area contributed by atoms with Crippen LogP contribution in [-0.4, -0.2) is 32.2 Å². The molecular formula is C14H20N2O2. The Hall–Kier alpha value is -1.39. The van der Waals surface area contributed by atoms with E-state index in [0.717, 1.165) is 23.0 Å². The van der Waals surface area contributed by atoms with E-state index in [9.17, 15) is 10.2 Å². The van der Waals surface area contributed by atoms with E-state index in [1.165, 1.54) is 0 Å². The molecule has 2 N–H and O–H groups in total. The van der Waals surface area contributed by atoms with Crippen molar-refractivity contribution >= 4 is 10.9 Å². The lowest BCUT2D eigenvalue weighted by Gasteiger charge is -2.15. The van der Waals surface area contributed by atoms with Crippen LogP contribution in [0, 0.1) is 0 Å². The molecule has 2 aromatic rings. The van der Waals surface area contributed by atoms with Gasteiger partial charge in [-0.25, -0.2) is 0 Å². The second-order valence-corrected chi connectivity index (χ2v) is 4.71. The van der Waals surface area contributed by atoms with Crippen molar-refractivity contribution in [2.45, 2.75) is 38.4 Å². The van der Waals surface area contributed by atoms with Gasteiger partial charge in [0.05, 0.1) is 23.4 Å². The zero-order valence-electron chi connectivity index (χ0n) is 10.9. The molecule has 0 saturated carbocycles. The largest absolute Gasteiger partial charge is 0.390 e. The van der Waals surface area contributed by atoms with Crippen molar-refractivity contribution in [1.82, 2.24) is 9.78 Å². The summed E-state index contributed by atoms with van der Waals surface area (Å²) in [6.07, 6.45) is 0.453. The minimum absolute atomic E-state index is 0.391. The molecule has 1 aromatic heterocycles. The van der Waals surface area contributed by atoms with E-state index in [4.69, 9.17) is 0 Å². The fourth-order valence-electron chi connectivity index (χ4n) is 2.26. The van der Waals surface area contributed by atoms with Crippen LogP contribution < -0.4 is 0 Å². The lowest BCUT2D eigenvalue weighted by molar-refractivity contribution is 0.0144. The maximum absolute atomic E-state index is 9.97. The van der Waals surface area contributed by atoms with Crippen molar-refractivity contribution in [3.63, 3.8) is 0 Å². The highest BCUT2D eigenvalue weighted by molar-refractivity contribution is 5.81. The number of aliphatic hydroxyl groups is 2. The molecule has 0 spiro atoms. The van der Waals surface area contributed by atoms with Gasteiger partial charge in [-0.1, -0.05) is 31.5 Å². The highest BCUT2D eigenvalue weighted by Gasteiger charge is 2.19. The highest BCUT2D eigenvalue weighted by atomic mass is 16.3. The van der Waals surface area contributed by atoms with Crippen LogP contribution in [0.2, 0.25) is 0 Å². The number of aliphatic hydroxyl groups excluding tert-OH is 2. The molecule has 0 aliphatic carbocycles. The van der Waals surface area contributed by atoms with Crippen LogP contribution in [0.5, 0.6) is 0 Å². The van der Waals surface area contributed by atoms with Crippen molar-refractivity contribution in [3.8, 4) is 0 Å². The molecule has 4 heteroatoms. The lowest BCUT2D eigenvalue weighted by atomic mass is 10.0. The Labute approximate surface area is 107 Å². The molecule has 0 fully saturated rings. The predicted molar refractivity (Wildman–Crippen MR) is 71.3 cm³/mol. The van der Waals surface area contributed by atoms with E-state index in [1.54, 1.807) is 0 Å². The van der Waals surface area contributed by atoms with Gasteiger partial charge in [0, 0.05) is 18.9 Å². The Kier molecular flexibility index (Phi) is 3.99. The Balaban J connectivity index is 2.21. The Morgan fingerprint density at radius 1 is 1.22 bits per heavy atom. The number of hydrogen-bond acceptors (Lipinski definition) is 3. The molecule has 1 heterocycles. The monoisotopic (exact) mass is 248 g/mol. The molecule has 0 amide bonds. The molecule has 18 heavy (non-hydrogen) atoms. The molecule has 0 radical (unpaired) electrons. The van der Waals surface area contributed by atoms with Gasteiger partial charge >= 0.3 is 0 Å². The number of fused-ring (bicyclic) bond motifs is 1. The average Bonchev–Trinajstić information content (AvgIpc) is 2.67. The van der Waals surface area contributed by atoms with E-state index in [-0.39, 0.29) is 0 Å². The Morgan fingerprint density at radius 3 is 2.67 bits per heavy atom. The number of nitrogens with zero attached hydrogens (tertiary/aromatic N) is 2. The minimum Gasteiger partial charge on any atom is -0.390 e. The normalized spacial score (nSPS) is 14.9. The summed E-state index contributed by atoms with van der Waals surface area (Å²) < 4.78 is 1.81. The summed E-state index contributed by atoms with van der Waals surface area (Å²) in [5.41, 5.74) is 1.89. The number of benzene rings is 1. The smallest absolute Gasteiger partial charge is 0.0855 e. The summed E-state index contributed by atoms with van der Waals surface area (Å²) >= 11 is 0. The van der Waals surface area contributed by atoms with Crippen LogP contribution >= 0.6 is 0 Å². The first-order valence-electron chi connectivity index (χ1n) is 6.40. The highest BCUT2D eigenvalue weighted by Crippen LogP contribution is 2.19. The van der Waals surface area contributed by atoms with Crippen molar-refractivity contribution in [3.05, 3.63) is 30.0 Å². The molecule has 4 nitrogen and oxygen atoms in total. The second kappa shape index (κ2) is 5.50. The molecule has 0 aliphatic heterocycles. The molecule has 2 atom stereocenters. The SMILES string of the molecule is CCCC(O)C(O)Cc1nn(C)c2ccccc12. The summed E-state index contributed by atoms with van der Waals surface area (Å²) in [4.78, 5) is 0. The summed E-state index contributed by atoms with van der Waals surface area (Å²) in [5, 5.41) is 25.2. The molecule has 1 aromatic carbocycles. The van der Waals surface area contributed by atoms with Gasteiger partial charge in [0.2, 0.25) is 0 Å². The topological polar surface area (TPSA) is 58.3 Å². The second-order valence-electron chi connectivity index (χ2n) is 4.71. The van der Waals surface area contributed by atoms with Gasteiger partial charge in [-0.05, 0) is 12.5 Å². The first-order chi connectivity index (χ1) is 8.63. The molecule has 98 valence electrons. The zero-order valence-corrected chi connectivity index (χ0v) is 10.9. The van der Waals surface area contributed by atoms with Gasteiger partial charge in [0.1, 0.15) is 0 Å². The van der Waals surface area contributed by atoms with E-state index < -0.39 is 12.2 Å². The van der Waals surface area contributed by atoms with Crippen molar-refractivity contribution in [1.29, 1.82) is 0 Å². The molecule has 0 saturated heterocycles. The molecular weight excluding hydrogens is 228 g/mol. The fraction of sp³-hybridized carbons (Fsp3) is 0.500. The standard InChI is InChI=1S/C14H20N2O2/c1-3-6-13(17)14(18)9-11-10-7-4-5-8-12(10)16(2)15-11/h4-5,7-8,13-14,17-18H,3,6,9H2,1-2H3. The first kappa shape index (κ1) is 13.1. The third kappa shape index (κ3) is 2.54. The first-order valence-corrected chi connectivity index (χ1v) is 6.40. The number of hydrogen-bond donors (Lipinski definition) is 2. The number of para-hydroxylation sites is 1. The van der Waals surface area contributed by atoms with Crippen molar-refractivity contribution < 1.29 is 10.2 Å². The Morgan fingerprint density at radius 2 is 1.94 bits per heavy atom. The van der Waals surface area contributed by atoms with Crippen LogP contribution in [0.3, 0.4) is 0 Å². The van der Waals surface area contributed by atoms with Gasteiger partial charge < -0.3 is 10.2 Å². The van der Waals surface area contributed by atoms with E-state index >= 15 is 0 Å². The van der Waals surface area contributed by atoms with Gasteiger partial charge in [0.25, 0.3) is 0 Å². The Bertz CT molecular complexity index is 521. The van der Waals surface area contributed by atoms with Crippen LogP contribution in [0.25, 0.3) is 10.9 Å². The maximum Gasteiger partial charge on any atom is 0.0855 e. The number of rotatable bonds is 5. The third-order valence-corrected chi connectivity index (χ3v) is 3.27. The average molecular weight is 248 g/mol. The van der Waals surface area contributed by atoms with Gasteiger partial charge in [-0.2, -0.15) is 5.10 Å². The van der Waals surface area contributed by atoms with Gasteiger partial charge in [-0.15, -0.1) is 0 Å². The van der Waals surface area contributed by atoms with Crippen LogP contribution in [0.15, 0.2) is 24.3 Å². The molecule has 0 bridgehead atoms. The summed E-state index contributed by atoms with van der Waals surface area (Å²) in [5.74, 6) is 0. The minimum atomic E-state index is -0.747. The maximum atomic E-state index is 9.97. The molecule has 2 rings (SSSR count). The van der Waals surface area contributed by atoms with Crippen LogP contribution in [-0.2, 0) is 13.5 Å². The summed E-state index contributed by atoms with van der Waals surface area (Å²) in [6.45, 7) is 1.99. The predicted octanol–water partition coefficient (Wildman–Crippen LogP) is 1.64. The third-order valence-electron chi connectivity index (χ3n) is 3.27. The summed E-state index contributed by atoms with van der Waals surface area (Å²) in [7, 11) is 1.89. The fourth-order valence-corrected chi connectivity index (χ4v) is 2.26. The summed E-state index contributed by atoms with van der Waals surface area (Å²) in [6, 6.07) is 7.93.